The Morgan fingerprint density at radius 2 is 1.65 bits per heavy atom. The summed E-state index contributed by atoms with van der Waals surface area (Å²) in [5.41, 5.74) is -0.952. The monoisotopic (exact) mass is 772 g/mol. The zero-order chi connectivity index (χ0) is 39.3. The molecule has 55 heavy (non-hydrogen) atoms. The molecule has 3 amide bonds. The minimum atomic E-state index is -1.23. The van der Waals surface area contributed by atoms with Gasteiger partial charge in [0.1, 0.15) is 30.2 Å². The number of rotatable bonds is 19. The van der Waals surface area contributed by atoms with E-state index in [-0.39, 0.29) is 24.6 Å². The van der Waals surface area contributed by atoms with Crippen LogP contribution >= 0.6 is 0 Å². The fourth-order valence-corrected chi connectivity index (χ4v) is 6.74. The number of aromatic nitrogens is 6. The smallest absolute Gasteiger partial charge is 0.414 e. The Balaban J connectivity index is 0.902. The van der Waals surface area contributed by atoms with Crippen molar-refractivity contribution in [2.45, 2.75) is 95.8 Å². The quantitative estimate of drug-likeness (QED) is 0.0873. The van der Waals surface area contributed by atoms with Gasteiger partial charge in [-0.3, -0.25) is 38.7 Å². The number of ether oxygens (including phenoxy) is 2. The van der Waals surface area contributed by atoms with Crippen LogP contribution in [0, 0.1) is 0 Å². The van der Waals surface area contributed by atoms with E-state index in [9.17, 15) is 39.3 Å². The van der Waals surface area contributed by atoms with Crippen LogP contribution in [0.1, 0.15) is 81.3 Å². The Hall–Kier alpha value is -4.76. The van der Waals surface area contributed by atoms with Crippen molar-refractivity contribution in [2.24, 2.45) is 0 Å². The first-order chi connectivity index (χ1) is 26.6. The average molecular weight is 773 g/mol. The summed E-state index contributed by atoms with van der Waals surface area (Å²) in [6.07, 6.45) is 7.56. The fraction of sp³-hybridized carbons (Fsp3) is 0.657. The lowest BCUT2D eigenvalue weighted by atomic mass is 10.1. The summed E-state index contributed by atoms with van der Waals surface area (Å²) in [4.78, 5) is 80.2. The molecular weight excluding hydrogens is 720 g/mol. The number of unbranched alkanes of at least 4 members (excludes halogenated alkanes) is 7. The molecule has 3 aromatic heterocycles. The molecule has 5 rings (SSSR count). The molecule has 6 N–H and O–H groups in total. The van der Waals surface area contributed by atoms with Crippen LogP contribution in [0.2, 0.25) is 0 Å². The van der Waals surface area contributed by atoms with Crippen molar-refractivity contribution in [3.63, 3.8) is 0 Å². The zero-order valence-corrected chi connectivity index (χ0v) is 31.1. The highest BCUT2D eigenvalue weighted by Gasteiger charge is 2.44. The second-order valence-corrected chi connectivity index (χ2v) is 13.7. The Morgan fingerprint density at radius 1 is 0.945 bits per heavy atom. The standard InChI is InChI=1S/C35H52N10O10/c1-2-54-35(53)41-32(51)23-19-44(34(52)40-31(23)50)18-15-42-13-16-43(17-14-42)25(47)11-9-7-5-3-4-6-8-10-12-36-29-26-30(38-21-37-29)45(22-39-26)33-28(49)27(48)24(20-46)55-33/h19,21-22,24,27-28,33,46,48-49H,2-18,20H2,1H3,(H,36,37,38)(H,40,50,52)(H,41,51,53)/t24-,27-,28-,33-/m1/s1. The van der Waals surface area contributed by atoms with Crippen LogP contribution in [-0.2, 0) is 20.8 Å². The number of imidazole rings is 1. The maximum atomic E-state index is 12.8. The van der Waals surface area contributed by atoms with Gasteiger partial charge in [-0.05, 0) is 19.8 Å². The second kappa shape index (κ2) is 20.2. The van der Waals surface area contributed by atoms with E-state index in [1.54, 1.807) is 6.92 Å². The summed E-state index contributed by atoms with van der Waals surface area (Å²) in [6, 6.07) is 0. The summed E-state index contributed by atoms with van der Waals surface area (Å²) < 4.78 is 13.0. The number of alkyl carbamates (subject to hydrolysis) is 1. The van der Waals surface area contributed by atoms with E-state index >= 15 is 0 Å². The third kappa shape index (κ3) is 10.9. The van der Waals surface area contributed by atoms with Crippen LogP contribution in [0.3, 0.4) is 0 Å². The second-order valence-electron chi connectivity index (χ2n) is 13.7. The van der Waals surface area contributed by atoms with Crippen LogP contribution in [-0.4, -0.2) is 143 Å². The van der Waals surface area contributed by atoms with E-state index in [1.807, 2.05) is 10.2 Å². The van der Waals surface area contributed by atoms with E-state index in [2.05, 4.69) is 34.9 Å². The average Bonchev–Trinajstić information content (AvgIpc) is 3.73. The van der Waals surface area contributed by atoms with Crippen LogP contribution in [0.15, 0.2) is 28.4 Å². The number of anilines is 1. The van der Waals surface area contributed by atoms with Gasteiger partial charge in [-0.15, -0.1) is 0 Å². The summed E-state index contributed by atoms with van der Waals surface area (Å²) in [6.45, 7) is 5.07. The predicted octanol–water partition coefficient (Wildman–Crippen LogP) is -0.0587. The van der Waals surface area contributed by atoms with Gasteiger partial charge in [-0.25, -0.2) is 24.5 Å². The molecule has 4 atom stereocenters. The van der Waals surface area contributed by atoms with E-state index in [4.69, 9.17) is 4.74 Å². The first kappa shape index (κ1) is 41.4. The minimum Gasteiger partial charge on any atom is -0.450 e. The molecule has 0 unspecified atom stereocenters. The van der Waals surface area contributed by atoms with Crippen molar-refractivity contribution in [3.8, 4) is 0 Å². The first-order valence-corrected chi connectivity index (χ1v) is 19.0. The highest BCUT2D eigenvalue weighted by molar-refractivity contribution is 6.02. The van der Waals surface area contributed by atoms with Crippen LogP contribution in [0.4, 0.5) is 10.6 Å². The molecule has 2 aliphatic rings. The normalized spacial score (nSPS) is 20.2. The molecule has 2 saturated heterocycles. The van der Waals surface area contributed by atoms with Gasteiger partial charge in [0, 0.05) is 58.4 Å². The Kier molecular flexibility index (Phi) is 15.2. The number of aliphatic hydroxyl groups is 3. The molecule has 2 fully saturated rings. The van der Waals surface area contributed by atoms with Crippen molar-refractivity contribution >= 4 is 34.9 Å². The molecule has 20 nitrogen and oxygen atoms in total. The lowest BCUT2D eigenvalue weighted by Crippen LogP contribution is -2.49. The Bertz CT molecular complexity index is 1860. The van der Waals surface area contributed by atoms with Crippen molar-refractivity contribution < 1.29 is 39.2 Å². The number of nitrogens with one attached hydrogen (secondary N) is 3. The molecule has 0 aliphatic carbocycles. The summed E-state index contributed by atoms with van der Waals surface area (Å²) in [7, 11) is 0. The zero-order valence-electron chi connectivity index (χ0n) is 31.1. The highest BCUT2D eigenvalue weighted by Crippen LogP contribution is 2.32. The van der Waals surface area contributed by atoms with Crippen molar-refractivity contribution in [2.75, 3.05) is 57.8 Å². The number of carbonyl (C=O) groups is 3. The fourth-order valence-electron chi connectivity index (χ4n) is 6.74. The van der Waals surface area contributed by atoms with Crippen molar-refractivity contribution in [1.29, 1.82) is 0 Å². The van der Waals surface area contributed by atoms with Gasteiger partial charge in [0.25, 0.3) is 11.5 Å². The number of amides is 3. The molecule has 0 saturated carbocycles. The number of aromatic amines is 1. The molecule has 0 spiro atoms. The molecular formula is C35H52N10O10. The van der Waals surface area contributed by atoms with Crippen molar-refractivity contribution in [1.82, 2.24) is 44.2 Å². The van der Waals surface area contributed by atoms with E-state index in [0.29, 0.717) is 62.7 Å². The van der Waals surface area contributed by atoms with Gasteiger partial charge in [0.2, 0.25) is 5.91 Å². The Labute approximate surface area is 316 Å². The number of fused-ring (bicyclic) bond motifs is 1. The molecule has 0 bridgehead atoms. The van der Waals surface area contributed by atoms with Crippen molar-refractivity contribution in [3.05, 3.63) is 45.3 Å². The number of H-pyrrole nitrogens is 1. The number of hydrogen-bond donors (Lipinski definition) is 6. The maximum Gasteiger partial charge on any atom is 0.414 e. The van der Waals surface area contributed by atoms with Gasteiger partial charge in [-0.2, -0.15) is 0 Å². The molecule has 5 heterocycles. The van der Waals surface area contributed by atoms with Gasteiger partial charge >= 0.3 is 11.8 Å². The van der Waals surface area contributed by atoms with Crippen LogP contribution < -0.4 is 21.9 Å². The maximum absolute atomic E-state index is 12.8. The number of piperazine rings is 1. The molecule has 0 aromatic carbocycles. The van der Waals surface area contributed by atoms with Gasteiger partial charge in [0.05, 0.1) is 19.5 Å². The largest absolute Gasteiger partial charge is 0.450 e. The third-order valence-electron chi connectivity index (χ3n) is 9.89. The molecule has 2 aliphatic heterocycles. The third-order valence-corrected chi connectivity index (χ3v) is 9.89. The number of aliphatic hydroxyl groups excluding tert-OH is 3. The SMILES string of the molecule is CCOC(=O)NC(=O)c1cn(CCN2CCN(C(=O)CCCCCCCCCCNc3ncnc4c3ncn4[C@@H]3O[C@H](CO)[C@@H](O)[C@H]3O)CC2)c(=O)[nH]c1=O. The lowest BCUT2D eigenvalue weighted by molar-refractivity contribution is -0.133. The molecule has 302 valence electrons. The van der Waals surface area contributed by atoms with E-state index in [1.165, 1.54) is 21.8 Å². The minimum absolute atomic E-state index is 0.0550. The number of imide groups is 1. The molecule has 3 aromatic rings. The number of carbonyl (C=O) groups excluding carboxylic acids is 3. The Morgan fingerprint density at radius 3 is 2.35 bits per heavy atom. The van der Waals surface area contributed by atoms with Crippen LogP contribution in [0.5, 0.6) is 0 Å². The molecule has 20 heteroatoms. The first-order valence-electron chi connectivity index (χ1n) is 19.0. The summed E-state index contributed by atoms with van der Waals surface area (Å²) in [5.74, 6) is -0.241. The number of hydrogen-bond acceptors (Lipinski definition) is 15. The number of nitrogens with zero attached hydrogens (tertiary/aromatic N) is 7. The van der Waals surface area contributed by atoms with Gasteiger partial charge in [-0.1, -0.05) is 38.5 Å². The van der Waals surface area contributed by atoms with Gasteiger partial charge in [0.15, 0.2) is 23.2 Å². The molecule has 0 radical (unpaired) electrons. The van der Waals surface area contributed by atoms with E-state index in [0.717, 1.165) is 57.6 Å². The topological polar surface area (TPSA) is 259 Å². The summed E-state index contributed by atoms with van der Waals surface area (Å²) in [5, 5.41) is 35.2. The lowest BCUT2D eigenvalue weighted by Gasteiger charge is -2.34. The highest BCUT2D eigenvalue weighted by atomic mass is 16.6. The summed E-state index contributed by atoms with van der Waals surface area (Å²) >= 11 is 0. The predicted molar refractivity (Wildman–Crippen MR) is 197 cm³/mol. The van der Waals surface area contributed by atoms with Gasteiger partial charge < -0.3 is 35.0 Å². The van der Waals surface area contributed by atoms with Crippen LogP contribution in [0.25, 0.3) is 11.2 Å². The van der Waals surface area contributed by atoms with E-state index < -0.39 is 54.4 Å².